The molecule has 14 heavy (non-hydrogen) atoms. The largest absolute Gasteiger partial charge is 0.480 e. The van der Waals surface area contributed by atoms with Crippen LogP contribution in [0.25, 0.3) is 0 Å². The molecule has 0 aliphatic carbocycles. The molecule has 0 saturated carbocycles. The molecule has 1 fully saturated rings. The maximum atomic E-state index is 10.4. The van der Waals surface area contributed by atoms with Crippen LogP contribution in [0, 0.1) is 0 Å². The number of rotatable bonds is 3. The molecule has 0 spiro atoms. The summed E-state index contributed by atoms with van der Waals surface area (Å²) in [5, 5.41) is 11.8. The van der Waals surface area contributed by atoms with Crippen molar-refractivity contribution in [1.82, 2.24) is 5.32 Å². The van der Waals surface area contributed by atoms with Gasteiger partial charge < -0.3 is 16.2 Å². The molecular weight excluding hydrogens is 227 g/mol. The van der Waals surface area contributed by atoms with E-state index >= 15 is 0 Å². The third-order valence-corrected chi connectivity index (χ3v) is 2.27. The van der Waals surface area contributed by atoms with E-state index in [1.54, 1.807) is 0 Å². The third kappa shape index (κ3) is 5.65. The molecule has 1 saturated heterocycles. The summed E-state index contributed by atoms with van der Waals surface area (Å²) in [7, 11) is 0. The zero-order valence-electron chi connectivity index (χ0n) is 7.94. The summed E-state index contributed by atoms with van der Waals surface area (Å²) in [6.07, 6.45) is 3.99. The van der Waals surface area contributed by atoms with E-state index in [-0.39, 0.29) is 24.8 Å². The maximum Gasteiger partial charge on any atom is 0.320 e. The minimum absolute atomic E-state index is 0. The number of halogens is 2. The van der Waals surface area contributed by atoms with Gasteiger partial charge in [0, 0.05) is 6.04 Å². The van der Waals surface area contributed by atoms with Gasteiger partial charge in [0.15, 0.2) is 0 Å². The number of piperidine rings is 1. The normalized spacial score (nSPS) is 22.8. The standard InChI is InChI=1S/C8H16N2O2.2ClH/c9-7(8(11)12)5-6-3-1-2-4-10-6;;/h6-7,10H,1-5,9H2,(H,11,12);2*1H/t6?,7-;;/m0../s1. The molecule has 4 N–H and O–H groups in total. The predicted octanol–water partition coefficient (Wildman–Crippen LogP) is 0.774. The second kappa shape index (κ2) is 8.29. The van der Waals surface area contributed by atoms with Crippen molar-refractivity contribution in [2.24, 2.45) is 5.73 Å². The minimum Gasteiger partial charge on any atom is -0.480 e. The van der Waals surface area contributed by atoms with Crippen molar-refractivity contribution in [1.29, 1.82) is 0 Å². The van der Waals surface area contributed by atoms with Crippen molar-refractivity contribution in [3.63, 3.8) is 0 Å². The smallest absolute Gasteiger partial charge is 0.320 e. The number of carbonyl (C=O) groups is 1. The van der Waals surface area contributed by atoms with Crippen molar-refractivity contribution in [2.75, 3.05) is 6.54 Å². The lowest BCUT2D eigenvalue weighted by Crippen LogP contribution is -2.42. The van der Waals surface area contributed by atoms with Crippen LogP contribution in [0.2, 0.25) is 0 Å². The Labute approximate surface area is 96.4 Å². The fraction of sp³-hybridized carbons (Fsp3) is 0.875. The number of aliphatic carboxylic acids is 1. The van der Waals surface area contributed by atoms with Crippen molar-refractivity contribution in [3.05, 3.63) is 0 Å². The molecule has 1 unspecified atom stereocenters. The molecule has 0 amide bonds. The molecule has 0 radical (unpaired) electrons. The Bertz CT molecular complexity index is 163. The molecule has 1 aliphatic rings. The Hall–Kier alpha value is -0.0300. The summed E-state index contributed by atoms with van der Waals surface area (Å²) in [5.41, 5.74) is 5.41. The van der Waals surface area contributed by atoms with E-state index < -0.39 is 12.0 Å². The van der Waals surface area contributed by atoms with Crippen LogP contribution in [0.15, 0.2) is 0 Å². The van der Waals surface area contributed by atoms with Crippen LogP contribution in [0.4, 0.5) is 0 Å². The highest BCUT2D eigenvalue weighted by Gasteiger charge is 2.19. The average molecular weight is 245 g/mol. The summed E-state index contributed by atoms with van der Waals surface area (Å²) in [4.78, 5) is 10.4. The quantitative estimate of drug-likeness (QED) is 0.686. The van der Waals surface area contributed by atoms with Crippen LogP contribution in [0.3, 0.4) is 0 Å². The van der Waals surface area contributed by atoms with Crippen molar-refractivity contribution in [3.8, 4) is 0 Å². The molecule has 6 heteroatoms. The third-order valence-electron chi connectivity index (χ3n) is 2.27. The van der Waals surface area contributed by atoms with Crippen LogP contribution in [0.1, 0.15) is 25.7 Å². The first-order chi connectivity index (χ1) is 5.70. The van der Waals surface area contributed by atoms with E-state index in [1.807, 2.05) is 0 Å². The highest BCUT2D eigenvalue weighted by molar-refractivity contribution is 5.85. The topological polar surface area (TPSA) is 75.3 Å². The lowest BCUT2D eigenvalue weighted by atomic mass is 9.98. The van der Waals surface area contributed by atoms with Gasteiger partial charge in [-0.15, -0.1) is 24.8 Å². The van der Waals surface area contributed by atoms with Gasteiger partial charge in [0.2, 0.25) is 0 Å². The van der Waals surface area contributed by atoms with Gasteiger partial charge in [-0.05, 0) is 25.8 Å². The molecular formula is C8H18Cl2N2O2. The molecule has 0 bridgehead atoms. The molecule has 86 valence electrons. The molecule has 0 aromatic heterocycles. The second-order valence-electron chi connectivity index (χ2n) is 3.33. The van der Waals surface area contributed by atoms with E-state index in [4.69, 9.17) is 10.8 Å². The first-order valence-corrected chi connectivity index (χ1v) is 4.42. The molecule has 4 nitrogen and oxygen atoms in total. The fourth-order valence-corrected chi connectivity index (χ4v) is 1.53. The highest BCUT2D eigenvalue weighted by Crippen LogP contribution is 2.11. The van der Waals surface area contributed by atoms with Gasteiger partial charge in [-0.3, -0.25) is 4.79 Å². The number of carboxylic acids is 1. The number of carboxylic acid groups (broad SMARTS) is 1. The summed E-state index contributed by atoms with van der Waals surface area (Å²) >= 11 is 0. The predicted molar refractivity (Wildman–Crippen MR) is 60.4 cm³/mol. The molecule has 1 aliphatic heterocycles. The molecule has 0 aromatic rings. The van der Waals surface area contributed by atoms with E-state index in [0.29, 0.717) is 12.5 Å². The van der Waals surface area contributed by atoms with Crippen LogP contribution < -0.4 is 11.1 Å². The first kappa shape index (κ1) is 16.4. The maximum absolute atomic E-state index is 10.4. The number of nitrogens with two attached hydrogens (primary N) is 1. The highest BCUT2D eigenvalue weighted by atomic mass is 35.5. The summed E-state index contributed by atoms with van der Waals surface area (Å²) in [6.45, 7) is 0.997. The van der Waals surface area contributed by atoms with Crippen molar-refractivity contribution in [2.45, 2.75) is 37.8 Å². The van der Waals surface area contributed by atoms with E-state index in [0.717, 1.165) is 13.0 Å². The molecule has 1 rings (SSSR count). The van der Waals surface area contributed by atoms with Gasteiger partial charge in [-0.1, -0.05) is 6.42 Å². The lowest BCUT2D eigenvalue weighted by molar-refractivity contribution is -0.138. The zero-order valence-corrected chi connectivity index (χ0v) is 9.57. The van der Waals surface area contributed by atoms with E-state index in [2.05, 4.69) is 5.32 Å². The Balaban J connectivity index is 0. The van der Waals surface area contributed by atoms with E-state index in [9.17, 15) is 4.79 Å². The van der Waals surface area contributed by atoms with E-state index in [1.165, 1.54) is 12.8 Å². The molecule has 1 heterocycles. The van der Waals surface area contributed by atoms with Gasteiger partial charge in [-0.2, -0.15) is 0 Å². The van der Waals surface area contributed by atoms with Gasteiger partial charge in [0.25, 0.3) is 0 Å². The van der Waals surface area contributed by atoms with Crippen LogP contribution in [-0.2, 0) is 4.79 Å². The van der Waals surface area contributed by atoms with Crippen LogP contribution >= 0.6 is 24.8 Å². The van der Waals surface area contributed by atoms with Gasteiger partial charge >= 0.3 is 5.97 Å². The summed E-state index contributed by atoms with van der Waals surface area (Å²) < 4.78 is 0. The summed E-state index contributed by atoms with van der Waals surface area (Å²) in [5.74, 6) is -0.901. The number of nitrogens with one attached hydrogen (secondary N) is 1. The lowest BCUT2D eigenvalue weighted by Gasteiger charge is -2.24. The Morgan fingerprint density at radius 3 is 2.57 bits per heavy atom. The Morgan fingerprint density at radius 1 is 1.50 bits per heavy atom. The van der Waals surface area contributed by atoms with Crippen molar-refractivity contribution < 1.29 is 9.90 Å². The number of hydrogen-bond acceptors (Lipinski definition) is 3. The Morgan fingerprint density at radius 2 is 2.14 bits per heavy atom. The average Bonchev–Trinajstić information content (AvgIpc) is 2.06. The monoisotopic (exact) mass is 244 g/mol. The second-order valence-corrected chi connectivity index (χ2v) is 3.33. The van der Waals surface area contributed by atoms with Gasteiger partial charge in [0.1, 0.15) is 6.04 Å². The fourth-order valence-electron chi connectivity index (χ4n) is 1.53. The Kier molecular flexibility index (Phi) is 9.72. The van der Waals surface area contributed by atoms with Gasteiger partial charge in [0.05, 0.1) is 0 Å². The molecule has 2 atom stereocenters. The minimum atomic E-state index is -0.901. The zero-order chi connectivity index (χ0) is 8.97. The van der Waals surface area contributed by atoms with Crippen LogP contribution in [0.5, 0.6) is 0 Å². The first-order valence-electron chi connectivity index (χ1n) is 4.42. The summed E-state index contributed by atoms with van der Waals surface area (Å²) in [6, 6.07) is -0.398. The van der Waals surface area contributed by atoms with Gasteiger partial charge in [-0.25, -0.2) is 0 Å². The molecule has 0 aromatic carbocycles. The van der Waals surface area contributed by atoms with Crippen LogP contribution in [-0.4, -0.2) is 29.7 Å². The SMILES string of the molecule is Cl.Cl.N[C@@H](CC1CCCCN1)C(=O)O. The number of hydrogen-bond donors (Lipinski definition) is 3. The van der Waals surface area contributed by atoms with Crippen molar-refractivity contribution >= 4 is 30.8 Å².